The predicted octanol–water partition coefficient (Wildman–Crippen LogP) is 3.63. The molecule has 1 aromatic heterocycles. The smallest absolute Gasteiger partial charge is 0.255 e. The zero-order valence-electron chi connectivity index (χ0n) is 15.6. The Morgan fingerprint density at radius 1 is 1.04 bits per heavy atom. The van der Waals surface area contributed by atoms with Gasteiger partial charge in [-0.3, -0.25) is 9.78 Å². The molecule has 0 bridgehead atoms. The van der Waals surface area contributed by atoms with Gasteiger partial charge in [0.05, 0.1) is 5.52 Å². The molecule has 1 aliphatic heterocycles. The number of carbonyl (C=O) groups excluding carboxylic acids is 1. The summed E-state index contributed by atoms with van der Waals surface area (Å²) in [6.07, 6.45) is 1.74. The fourth-order valence-electron chi connectivity index (χ4n) is 3.49. The topological polar surface area (TPSA) is 48.5 Å². The van der Waals surface area contributed by atoms with Gasteiger partial charge in [0, 0.05) is 54.7 Å². The fraction of sp³-hybridized carbons (Fsp3) is 0.273. The molecule has 0 aliphatic carbocycles. The summed E-state index contributed by atoms with van der Waals surface area (Å²) in [7, 11) is 0. The summed E-state index contributed by atoms with van der Waals surface area (Å²) in [4.78, 5) is 21.7. The van der Waals surface area contributed by atoms with Crippen LogP contribution in [0, 0.1) is 0 Å². The highest BCUT2D eigenvalue weighted by Gasteiger charge is 2.16. The maximum absolute atomic E-state index is 12.6. The number of anilines is 2. The first-order valence-electron chi connectivity index (χ1n) is 9.46. The molecule has 0 unspecified atom stereocenters. The standard InChI is InChI=1S/C22H24N4O/c1-2-25-12-14-26(15-13-25)20-9-7-19(8-10-20)24-22(27)18-6-5-17-4-3-11-23-21(17)16-18/h3-11,16H,2,12-15H2,1H3,(H,24,27). The fourth-order valence-corrected chi connectivity index (χ4v) is 3.49. The van der Waals surface area contributed by atoms with Crippen LogP contribution >= 0.6 is 0 Å². The van der Waals surface area contributed by atoms with Crippen LogP contribution in [0.3, 0.4) is 0 Å². The van der Waals surface area contributed by atoms with E-state index in [1.807, 2.05) is 42.5 Å². The summed E-state index contributed by atoms with van der Waals surface area (Å²) in [5, 5.41) is 4.01. The van der Waals surface area contributed by atoms with Gasteiger partial charge >= 0.3 is 0 Å². The number of rotatable bonds is 4. The number of carbonyl (C=O) groups is 1. The molecule has 1 saturated heterocycles. The lowest BCUT2D eigenvalue weighted by molar-refractivity contribution is 0.102. The minimum Gasteiger partial charge on any atom is -0.369 e. The Morgan fingerprint density at radius 3 is 2.56 bits per heavy atom. The minimum absolute atomic E-state index is 0.119. The highest BCUT2D eigenvalue weighted by atomic mass is 16.1. The Labute approximate surface area is 159 Å². The number of fused-ring (bicyclic) bond motifs is 1. The monoisotopic (exact) mass is 360 g/mol. The normalized spacial score (nSPS) is 15.1. The molecule has 0 radical (unpaired) electrons. The van der Waals surface area contributed by atoms with Crippen LogP contribution in [0.2, 0.25) is 0 Å². The quantitative estimate of drug-likeness (QED) is 0.772. The van der Waals surface area contributed by atoms with Gasteiger partial charge < -0.3 is 15.1 Å². The van der Waals surface area contributed by atoms with Crippen LogP contribution in [0.25, 0.3) is 10.9 Å². The second-order valence-corrected chi connectivity index (χ2v) is 6.83. The van der Waals surface area contributed by atoms with Crippen LogP contribution in [0.1, 0.15) is 17.3 Å². The summed E-state index contributed by atoms with van der Waals surface area (Å²) in [5.74, 6) is -0.119. The number of hydrogen-bond acceptors (Lipinski definition) is 4. The maximum Gasteiger partial charge on any atom is 0.255 e. The number of aromatic nitrogens is 1. The van der Waals surface area contributed by atoms with Crippen molar-refractivity contribution in [3.63, 3.8) is 0 Å². The average molecular weight is 360 g/mol. The second kappa shape index (κ2) is 7.76. The lowest BCUT2D eigenvalue weighted by Crippen LogP contribution is -2.46. The highest BCUT2D eigenvalue weighted by molar-refractivity contribution is 6.06. The van der Waals surface area contributed by atoms with Gasteiger partial charge in [-0.25, -0.2) is 0 Å². The zero-order chi connectivity index (χ0) is 18.6. The van der Waals surface area contributed by atoms with E-state index in [9.17, 15) is 4.79 Å². The molecule has 5 nitrogen and oxygen atoms in total. The van der Waals surface area contributed by atoms with E-state index in [4.69, 9.17) is 0 Å². The summed E-state index contributed by atoms with van der Waals surface area (Å²) in [6.45, 7) is 7.62. The predicted molar refractivity (Wildman–Crippen MR) is 110 cm³/mol. The third kappa shape index (κ3) is 3.93. The number of amides is 1. The number of piperazine rings is 1. The van der Waals surface area contributed by atoms with E-state index in [0.717, 1.165) is 49.3 Å². The molecule has 5 heteroatoms. The van der Waals surface area contributed by atoms with Crippen LogP contribution in [-0.4, -0.2) is 48.5 Å². The van der Waals surface area contributed by atoms with Crippen LogP contribution in [0.5, 0.6) is 0 Å². The van der Waals surface area contributed by atoms with Crippen LogP contribution < -0.4 is 10.2 Å². The van der Waals surface area contributed by atoms with Crippen molar-refractivity contribution < 1.29 is 4.79 Å². The molecule has 27 heavy (non-hydrogen) atoms. The molecule has 1 amide bonds. The highest BCUT2D eigenvalue weighted by Crippen LogP contribution is 2.20. The van der Waals surface area contributed by atoms with Crippen molar-refractivity contribution in [3.8, 4) is 0 Å². The molecule has 138 valence electrons. The van der Waals surface area contributed by atoms with Crippen molar-refractivity contribution in [2.24, 2.45) is 0 Å². The van der Waals surface area contributed by atoms with Gasteiger partial charge in [0.2, 0.25) is 0 Å². The van der Waals surface area contributed by atoms with Crippen molar-refractivity contribution in [1.29, 1.82) is 0 Å². The first kappa shape index (κ1) is 17.5. The van der Waals surface area contributed by atoms with E-state index < -0.39 is 0 Å². The molecule has 0 spiro atoms. The Bertz CT molecular complexity index is 930. The number of likely N-dealkylation sites (N-methyl/N-ethyl adjacent to an activating group) is 1. The Kier molecular flexibility index (Phi) is 5.03. The number of pyridine rings is 1. The van der Waals surface area contributed by atoms with Crippen LogP contribution in [-0.2, 0) is 0 Å². The number of benzene rings is 2. The molecule has 3 aromatic rings. The first-order valence-corrected chi connectivity index (χ1v) is 9.46. The van der Waals surface area contributed by atoms with Crippen molar-refractivity contribution >= 4 is 28.2 Å². The SMILES string of the molecule is CCN1CCN(c2ccc(NC(=O)c3ccc4cccnc4c3)cc2)CC1. The first-order chi connectivity index (χ1) is 13.2. The van der Waals surface area contributed by atoms with E-state index in [2.05, 4.69) is 39.2 Å². The van der Waals surface area contributed by atoms with Crippen LogP contribution in [0.15, 0.2) is 60.8 Å². The summed E-state index contributed by atoms with van der Waals surface area (Å²) < 4.78 is 0. The summed E-state index contributed by atoms with van der Waals surface area (Å²) >= 11 is 0. The minimum atomic E-state index is -0.119. The van der Waals surface area contributed by atoms with Gasteiger partial charge in [0.1, 0.15) is 0 Å². The van der Waals surface area contributed by atoms with Gasteiger partial charge in [-0.2, -0.15) is 0 Å². The summed E-state index contributed by atoms with van der Waals surface area (Å²) in [6, 6.07) is 17.6. The zero-order valence-corrected chi connectivity index (χ0v) is 15.6. The van der Waals surface area contributed by atoms with Crippen molar-refractivity contribution in [3.05, 3.63) is 66.4 Å². The van der Waals surface area contributed by atoms with Crippen LogP contribution in [0.4, 0.5) is 11.4 Å². The van der Waals surface area contributed by atoms with E-state index in [0.29, 0.717) is 5.56 Å². The molecule has 4 rings (SSSR count). The number of nitrogens with one attached hydrogen (secondary N) is 1. The van der Waals surface area contributed by atoms with E-state index in [1.54, 1.807) is 6.20 Å². The largest absolute Gasteiger partial charge is 0.369 e. The molecule has 1 N–H and O–H groups in total. The molecule has 0 saturated carbocycles. The van der Waals surface area contributed by atoms with Gasteiger partial charge in [0.15, 0.2) is 0 Å². The lowest BCUT2D eigenvalue weighted by atomic mass is 10.1. The maximum atomic E-state index is 12.6. The average Bonchev–Trinajstić information content (AvgIpc) is 2.74. The van der Waals surface area contributed by atoms with Crippen molar-refractivity contribution in [2.45, 2.75) is 6.92 Å². The number of nitrogens with zero attached hydrogens (tertiary/aromatic N) is 3. The number of hydrogen-bond donors (Lipinski definition) is 1. The van der Waals surface area contributed by atoms with E-state index >= 15 is 0 Å². The third-order valence-electron chi connectivity index (χ3n) is 5.18. The second-order valence-electron chi connectivity index (χ2n) is 6.83. The lowest BCUT2D eigenvalue weighted by Gasteiger charge is -2.35. The molecule has 1 fully saturated rings. The Balaban J connectivity index is 1.42. The summed E-state index contributed by atoms with van der Waals surface area (Å²) in [5.41, 5.74) is 3.45. The van der Waals surface area contributed by atoms with Gasteiger partial charge in [-0.05, 0) is 49.0 Å². The Morgan fingerprint density at radius 2 is 1.81 bits per heavy atom. The van der Waals surface area contributed by atoms with E-state index in [1.165, 1.54) is 5.69 Å². The van der Waals surface area contributed by atoms with Gasteiger partial charge in [-0.15, -0.1) is 0 Å². The molecular weight excluding hydrogens is 336 g/mol. The third-order valence-corrected chi connectivity index (χ3v) is 5.18. The van der Waals surface area contributed by atoms with Crippen molar-refractivity contribution in [1.82, 2.24) is 9.88 Å². The Hall–Kier alpha value is -2.92. The molecule has 2 heterocycles. The molecule has 0 atom stereocenters. The van der Waals surface area contributed by atoms with Gasteiger partial charge in [-0.1, -0.05) is 19.1 Å². The van der Waals surface area contributed by atoms with E-state index in [-0.39, 0.29) is 5.91 Å². The molecule has 2 aromatic carbocycles. The molecule has 1 aliphatic rings. The van der Waals surface area contributed by atoms with Crippen molar-refractivity contribution in [2.75, 3.05) is 42.9 Å². The van der Waals surface area contributed by atoms with Gasteiger partial charge in [0.25, 0.3) is 5.91 Å². The molecular formula is C22H24N4O.